The third-order valence-electron chi connectivity index (χ3n) is 7.42. The van der Waals surface area contributed by atoms with Crippen LogP contribution in [0.15, 0.2) is 67.3 Å². The standard InChI is InChI=1S/C30H34N8/c1-19(30(2,3)4)33-21-13-20(16-31-17-21)25-15-23-27(18-32-25)35-36-29(23)26-14-22-24(34-26)7-6-8-28(22)38-11-9-37(5)10-12-38/h6-8,13-18,33-34H,1,9-12H2,2-5H3,(H,35,36). The van der Waals surface area contributed by atoms with E-state index in [1.54, 1.807) is 0 Å². The summed E-state index contributed by atoms with van der Waals surface area (Å²) in [6.07, 6.45) is 5.49. The van der Waals surface area contributed by atoms with E-state index in [9.17, 15) is 0 Å². The molecule has 0 atom stereocenters. The molecule has 1 aliphatic heterocycles. The molecule has 5 heterocycles. The van der Waals surface area contributed by atoms with Crippen molar-refractivity contribution in [3.05, 3.63) is 67.3 Å². The molecule has 1 aromatic carbocycles. The number of rotatable bonds is 5. The van der Waals surface area contributed by atoms with Crippen molar-refractivity contribution >= 4 is 33.2 Å². The van der Waals surface area contributed by atoms with Crippen molar-refractivity contribution in [3.8, 4) is 22.6 Å². The second-order valence-electron chi connectivity index (χ2n) is 11.2. The molecule has 4 aromatic heterocycles. The highest BCUT2D eigenvalue weighted by atomic mass is 15.2. The Morgan fingerprint density at radius 1 is 0.974 bits per heavy atom. The van der Waals surface area contributed by atoms with Gasteiger partial charge in [0.2, 0.25) is 0 Å². The fourth-order valence-electron chi connectivity index (χ4n) is 4.88. The molecule has 194 valence electrons. The molecule has 6 rings (SSSR count). The summed E-state index contributed by atoms with van der Waals surface area (Å²) in [5.41, 5.74) is 8.69. The molecule has 5 aromatic rings. The Bertz CT molecular complexity index is 1630. The molecule has 1 aliphatic rings. The number of benzene rings is 1. The molecular formula is C30H34N8. The van der Waals surface area contributed by atoms with Crippen LogP contribution in [0.4, 0.5) is 11.4 Å². The van der Waals surface area contributed by atoms with Crippen molar-refractivity contribution < 1.29 is 0 Å². The van der Waals surface area contributed by atoms with Gasteiger partial charge in [-0.3, -0.25) is 15.1 Å². The maximum atomic E-state index is 4.70. The van der Waals surface area contributed by atoms with Gasteiger partial charge in [0.15, 0.2) is 0 Å². The van der Waals surface area contributed by atoms with Gasteiger partial charge in [-0.15, -0.1) is 0 Å². The number of nitrogens with zero attached hydrogens (tertiary/aromatic N) is 5. The van der Waals surface area contributed by atoms with E-state index < -0.39 is 0 Å². The van der Waals surface area contributed by atoms with Crippen molar-refractivity contribution in [1.29, 1.82) is 0 Å². The van der Waals surface area contributed by atoms with Gasteiger partial charge in [-0.25, -0.2) is 0 Å². The first-order valence-corrected chi connectivity index (χ1v) is 13.1. The van der Waals surface area contributed by atoms with Crippen molar-refractivity contribution in [2.75, 3.05) is 43.4 Å². The fraction of sp³-hybridized carbons (Fsp3) is 0.300. The van der Waals surface area contributed by atoms with Crippen LogP contribution in [0.3, 0.4) is 0 Å². The molecule has 0 spiro atoms. The summed E-state index contributed by atoms with van der Waals surface area (Å²) in [5, 5.41) is 13.5. The van der Waals surface area contributed by atoms with E-state index in [0.29, 0.717) is 0 Å². The summed E-state index contributed by atoms with van der Waals surface area (Å²) in [6, 6.07) is 12.9. The second kappa shape index (κ2) is 9.29. The molecule has 1 fully saturated rings. The first-order chi connectivity index (χ1) is 18.3. The summed E-state index contributed by atoms with van der Waals surface area (Å²) in [6.45, 7) is 14.8. The highest BCUT2D eigenvalue weighted by Gasteiger charge is 2.19. The predicted molar refractivity (Wildman–Crippen MR) is 156 cm³/mol. The van der Waals surface area contributed by atoms with Gasteiger partial charge >= 0.3 is 0 Å². The zero-order valence-electron chi connectivity index (χ0n) is 22.5. The lowest BCUT2D eigenvalue weighted by Gasteiger charge is -2.34. The average Bonchev–Trinajstić information content (AvgIpc) is 3.52. The topological polar surface area (TPSA) is 88.8 Å². The molecule has 0 radical (unpaired) electrons. The van der Waals surface area contributed by atoms with E-state index in [4.69, 9.17) is 4.98 Å². The number of aromatic amines is 2. The Hall–Kier alpha value is -4.17. The summed E-state index contributed by atoms with van der Waals surface area (Å²) < 4.78 is 0. The Morgan fingerprint density at radius 3 is 2.58 bits per heavy atom. The number of hydrogen-bond donors (Lipinski definition) is 3. The number of hydrogen-bond acceptors (Lipinski definition) is 6. The van der Waals surface area contributed by atoms with Crippen molar-refractivity contribution in [2.24, 2.45) is 5.41 Å². The number of H-pyrrole nitrogens is 2. The Balaban J connectivity index is 1.35. The highest BCUT2D eigenvalue weighted by Crippen LogP contribution is 2.35. The molecule has 8 nitrogen and oxygen atoms in total. The Labute approximate surface area is 222 Å². The largest absolute Gasteiger partial charge is 0.368 e. The van der Waals surface area contributed by atoms with E-state index in [1.807, 2.05) is 18.6 Å². The van der Waals surface area contributed by atoms with Crippen LogP contribution in [-0.4, -0.2) is 63.3 Å². The minimum Gasteiger partial charge on any atom is -0.368 e. The minimum atomic E-state index is -0.0529. The number of fused-ring (bicyclic) bond motifs is 2. The Kier molecular flexibility index (Phi) is 5.91. The van der Waals surface area contributed by atoms with Crippen LogP contribution in [-0.2, 0) is 0 Å². The lowest BCUT2D eigenvalue weighted by molar-refractivity contribution is 0.313. The number of allylic oxidation sites excluding steroid dienone is 1. The number of aromatic nitrogens is 5. The zero-order valence-corrected chi connectivity index (χ0v) is 22.5. The zero-order chi connectivity index (χ0) is 26.4. The molecule has 1 saturated heterocycles. The number of piperazine rings is 1. The van der Waals surface area contributed by atoms with E-state index in [0.717, 1.165) is 76.6 Å². The van der Waals surface area contributed by atoms with Crippen LogP contribution in [0.5, 0.6) is 0 Å². The van der Waals surface area contributed by atoms with Gasteiger partial charge in [0.05, 0.1) is 35.0 Å². The van der Waals surface area contributed by atoms with E-state index in [2.05, 4.69) is 106 Å². The summed E-state index contributed by atoms with van der Waals surface area (Å²) in [4.78, 5) is 17.6. The minimum absolute atomic E-state index is 0.0529. The third-order valence-corrected chi connectivity index (χ3v) is 7.42. The molecule has 0 bridgehead atoms. The first-order valence-electron chi connectivity index (χ1n) is 13.1. The molecular weight excluding hydrogens is 472 g/mol. The van der Waals surface area contributed by atoms with Gasteiger partial charge in [-0.05, 0) is 37.4 Å². The van der Waals surface area contributed by atoms with Crippen LogP contribution >= 0.6 is 0 Å². The van der Waals surface area contributed by atoms with Gasteiger partial charge < -0.3 is 20.1 Å². The highest BCUT2D eigenvalue weighted by molar-refractivity contribution is 6.00. The molecule has 0 saturated carbocycles. The van der Waals surface area contributed by atoms with E-state index >= 15 is 0 Å². The number of anilines is 2. The quantitative estimate of drug-likeness (QED) is 0.275. The summed E-state index contributed by atoms with van der Waals surface area (Å²) >= 11 is 0. The van der Waals surface area contributed by atoms with Gasteiger partial charge in [0.1, 0.15) is 5.69 Å². The molecule has 8 heteroatoms. The molecule has 0 aliphatic carbocycles. The average molecular weight is 507 g/mol. The fourth-order valence-corrected chi connectivity index (χ4v) is 4.88. The van der Waals surface area contributed by atoms with Gasteiger partial charge in [0, 0.05) is 71.0 Å². The predicted octanol–water partition coefficient (Wildman–Crippen LogP) is 5.89. The van der Waals surface area contributed by atoms with Crippen molar-refractivity contribution in [2.45, 2.75) is 20.8 Å². The Morgan fingerprint density at radius 2 is 1.79 bits per heavy atom. The second-order valence-corrected chi connectivity index (χ2v) is 11.2. The van der Waals surface area contributed by atoms with Gasteiger partial charge in [-0.1, -0.05) is 33.4 Å². The maximum absolute atomic E-state index is 4.70. The number of likely N-dealkylation sites (N-methyl/N-ethyl adjacent to an activating group) is 1. The SMILES string of the molecule is C=C(Nc1cncc(-c2cc3c(-c4cc5c(N6CCN(C)CC6)cccc5[nH]4)n[nH]c3cn2)c1)C(C)(C)C. The smallest absolute Gasteiger partial charge is 0.116 e. The van der Waals surface area contributed by atoms with Gasteiger partial charge in [-0.2, -0.15) is 5.10 Å². The first kappa shape index (κ1) is 24.2. The number of nitrogens with one attached hydrogen (secondary N) is 3. The normalized spacial score (nSPS) is 14.9. The van der Waals surface area contributed by atoms with Crippen LogP contribution in [0.1, 0.15) is 20.8 Å². The lowest BCUT2D eigenvalue weighted by Crippen LogP contribution is -2.44. The van der Waals surface area contributed by atoms with Crippen LogP contribution < -0.4 is 10.2 Å². The summed E-state index contributed by atoms with van der Waals surface area (Å²) in [5.74, 6) is 0. The van der Waals surface area contributed by atoms with Gasteiger partial charge in [0.25, 0.3) is 0 Å². The van der Waals surface area contributed by atoms with Crippen LogP contribution in [0, 0.1) is 5.41 Å². The maximum Gasteiger partial charge on any atom is 0.116 e. The van der Waals surface area contributed by atoms with Crippen molar-refractivity contribution in [3.63, 3.8) is 0 Å². The van der Waals surface area contributed by atoms with Crippen molar-refractivity contribution in [1.82, 2.24) is 30.0 Å². The van der Waals surface area contributed by atoms with E-state index in [-0.39, 0.29) is 5.41 Å². The van der Waals surface area contributed by atoms with Crippen LogP contribution in [0.2, 0.25) is 0 Å². The number of pyridine rings is 2. The van der Waals surface area contributed by atoms with E-state index in [1.165, 1.54) is 11.1 Å². The molecule has 3 N–H and O–H groups in total. The van der Waals surface area contributed by atoms with Crippen LogP contribution in [0.25, 0.3) is 44.5 Å². The molecule has 0 unspecified atom stereocenters. The monoisotopic (exact) mass is 506 g/mol. The molecule has 38 heavy (non-hydrogen) atoms. The summed E-state index contributed by atoms with van der Waals surface area (Å²) in [7, 11) is 2.18. The lowest BCUT2D eigenvalue weighted by atomic mass is 9.93. The third kappa shape index (κ3) is 4.52. The molecule has 0 amide bonds.